The molecule has 0 radical (unpaired) electrons. The lowest BCUT2D eigenvalue weighted by atomic mass is 10.2. The molecule has 0 aliphatic carbocycles. The Morgan fingerprint density at radius 2 is 1.92 bits per heavy atom. The minimum atomic E-state index is -0.580. The zero-order valence-electron chi connectivity index (χ0n) is 13.5. The van der Waals surface area contributed by atoms with Crippen LogP contribution in [0.3, 0.4) is 0 Å². The van der Waals surface area contributed by atoms with Gasteiger partial charge in [0.25, 0.3) is 11.8 Å². The number of hydrogen-bond acceptors (Lipinski definition) is 5. The number of nitro benzene ring substituents is 1. The largest absolute Gasteiger partial charge is 0.477 e. The number of rotatable bonds is 7. The number of amides is 2. The van der Waals surface area contributed by atoms with Gasteiger partial charge in [0.05, 0.1) is 4.92 Å². The van der Waals surface area contributed by atoms with Gasteiger partial charge in [-0.1, -0.05) is 18.2 Å². The van der Waals surface area contributed by atoms with Crippen LogP contribution in [0.2, 0.25) is 0 Å². The smallest absolute Gasteiger partial charge is 0.310 e. The molecule has 8 nitrogen and oxygen atoms in total. The molecular formula is C17H17N3O5. The monoisotopic (exact) mass is 343 g/mol. The topological polar surface area (TPSA) is 111 Å². The molecule has 8 heteroatoms. The molecule has 0 saturated carbocycles. The SMILES string of the molecule is CCNC(=O)c1cccc(NC(=O)COc2ccccc2[N+](=O)[O-])c1. The standard InChI is InChI=1S/C17H17N3O5/c1-2-18-17(22)12-6-5-7-13(10-12)19-16(21)11-25-15-9-4-3-8-14(15)20(23)24/h3-10H,2,11H2,1H3,(H,18,22)(H,19,21). The third-order valence-corrected chi connectivity index (χ3v) is 3.17. The maximum absolute atomic E-state index is 12.0. The summed E-state index contributed by atoms with van der Waals surface area (Å²) >= 11 is 0. The molecule has 0 spiro atoms. The van der Waals surface area contributed by atoms with Crippen LogP contribution in [0.1, 0.15) is 17.3 Å². The quantitative estimate of drug-likeness (QED) is 0.592. The number of carbonyl (C=O) groups excluding carboxylic acids is 2. The Labute approximate surface area is 144 Å². The van der Waals surface area contributed by atoms with Gasteiger partial charge in [0.15, 0.2) is 12.4 Å². The van der Waals surface area contributed by atoms with E-state index in [1.807, 2.05) is 6.92 Å². The minimum Gasteiger partial charge on any atom is -0.477 e. The summed E-state index contributed by atoms with van der Waals surface area (Å²) in [4.78, 5) is 34.1. The zero-order chi connectivity index (χ0) is 18.2. The Balaban J connectivity index is 1.98. The molecule has 2 rings (SSSR count). The number of ether oxygens (including phenoxy) is 1. The lowest BCUT2D eigenvalue weighted by Gasteiger charge is -2.09. The van der Waals surface area contributed by atoms with Crippen molar-refractivity contribution in [1.29, 1.82) is 0 Å². The van der Waals surface area contributed by atoms with Crippen molar-refractivity contribution >= 4 is 23.2 Å². The molecule has 0 aliphatic heterocycles. The van der Waals surface area contributed by atoms with Crippen LogP contribution < -0.4 is 15.4 Å². The molecule has 0 aromatic heterocycles. The molecule has 0 heterocycles. The van der Waals surface area contributed by atoms with Gasteiger partial charge in [-0.2, -0.15) is 0 Å². The van der Waals surface area contributed by atoms with Gasteiger partial charge in [0, 0.05) is 23.9 Å². The van der Waals surface area contributed by atoms with Crippen molar-refractivity contribution in [3.8, 4) is 5.75 Å². The molecule has 0 atom stereocenters. The van der Waals surface area contributed by atoms with Crippen LogP contribution in [0.25, 0.3) is 0 Å². The van der Waals surface area contributed by atoms with Gasteiger partial charge in [-0.3, -0.25) is 19.7 Å². The van der Waals surface area contributed by atoms with Crippen molar-refractivity contribution in [3.63, 3.8) is 0 Å². The maximum atomic E-state index is 12.0. The van der Waals surface area contributed by atoms with Gasteiger partial charge in [-0.25, -0.2) is 0 Å². The van der Waals surface area contributed by atoms with Gasteiger partial charge in [0.2, 0.25) is 0 Å². The van der Waals surface area contributed by atoms with Crippen LogP contribution >= 0.6 is 0 Å². The van der Waals surface area contributed by atoms with E-state index in [4.69, 9.17) is 4.74 Å². The van der Waals surface area contributed by atoms with E-state index in [1.165, 1.54) is 24.3 Å². The second-order valence-corrected chi connectivity index (χ2v) is 5.00. The van der Waals surface area contributed by atoms with Crippen LogP contribution in [0.4, 0.5) is 11.4 Å². The summed E-state index contributed by atoms with van der Waals surface area (Å²) in [5.74, 6) is -0.723. The van der Waals surface area contributed by atoms with Crippen molar-refractivity contribution in [2.24, 2.45) is 0 Å². The number of anilines is 1. The fraction of sp³-hybridized carbons (Fsp3) is 0.176. The fourth-order valence-corrected chi connectivity index (χ4v) is 2.07. The van der Waals surface area contributed by atoms with Crippen LogP contribution in [-0.4, -0.2) is 29.9 Å². The highest BCUT2D eigenvalue weighted by atomic mass is 16.6. The average molecular weight is 343 g/mol. The number of nitrogens with zero attached hydrogens (tertiary/aromatic N) is 1. The van der Waals surface area contributed by atoms with Gasteiger partial charge >= 0.3 is 5.69 Å². The molecule has 0 unspecified atom stereocenters. The third kappa shape index (κ3) is 5.03. The Morgan fingerprint density at radius 1 is 1.16 bits per heavy atom. The van der Waals surface area contributed by atoms with Crippen LogP contribution in [0, 0.1) is 10.1 Å². The van der Waals surface area contributed by atoms with Gasteiger partial charge in [-0.05, 0) is 31.2 Å². The molecule has 25 heavy (non-hydrogen) atoms. The zero-order valence-corrected chi connectivity index (χ0v) is 13.5. The van der Waals surface area contributed by atoms with Crippen LogP contribution in [0.15, 0.2) is 48.5 Å². The van der Waals surface area contributed by atoms with E-state index >= 15 is 0 Å². The highest BCUT2D eigenvalue weighted by molar-refractivity contribution is 5.97. The Morgan fingerprint density at radius 3 is 2.64 bits per heavy atom. The predicted octanol–water partition coefficient (Wildman–Crippen LogP) is 2.36. The number of nitro groups is 1. The van der Waals surface area contributed by atoms with E-state index in [1.54, 1.807) is 24.3 Å². The molecule has 2 aromatic rings. The second-order valence-electron chi connectivity index (χ2n) is 5.00. The number of carbonyl (C=O) groups is 2. The van der Waals surface area contributed by atoms with E-state index in [-0.39, 0.29) is 17.3 Å². The summed E-state index contributed by atoms with van der Waals surface area (Å²) in [6, 6.07) is 12.2. The van der Waals surface area contributed by atoms with E-state index in [0.29, 0.717) is 17.8 Å². The van der Waals surface area contributed by atoms with Gasteiger partial charge < -0.3 is 15.4 Å². The fourth-order valence-electron chi connectivity index (χ4n) is 2.07. The van der Waals surface area contributed by atoms with Crippen LogP contribution in [-0.2, 0) is 4.79 Å². The minimum absolute atomic E-state index is 0.0127. The molecule has 2 amide bonds. The van der Waals surface area contributed by atoms with Crippen molar-refractivity contribution in [3.05, 3.63) is 64.2 Å². The Hall–Kier alpha value is -3.42. The highest BCUT2D eigenvalue weighted by Crippen LogP contribution is 2.25. The number of benzene rings is 2. The first-order valence-corrected chi connectivity index (χ1v) is 7.55. The average Bonchev–Trinajstić information content (AvgIpc) is 2.60. The number of hydrogen-bond donors (Lipinski definition) is 2. The molecule has 0 aliphatic rings. The molecule has 2 aromatic carbocycles. The second kappa shape index (κ2) is 8.44. The molecule has 0 bridgehead atoms. The first kappa shape index (κ1) is 17.9. The normalized spacial score (nSPS) is 9.96. The van der Waals surface area contributed by atoms with E-state index < -0.39 is 17.4 Å². The molecule has 0 saturated heterocycles. The summed E-state index contributed by atoms with van der Waals surface area (Å²) < 4.78 is 5.22. The van der Waals surface area contributed by atoms with Gasteiger partial charge in [0.1, 0.15) is 0 Å². The lowest BCUT2D eigenvalue weighted by Crippen LogP contribution is -2.23. The summed E-state index contributed by atoms with van der Waals surface area (Å²) in [6.45, 7) is 1.92. The number of nitrogens with one attached hydrogen (secondary N) is 2. The first-order valence-electron chi connectivity index (χ1n) is 7.55. The van der Waals surface area contributed by atoms with E-state index in [2.05, 4.69) is 10.6 Å². The van der Waals surface area contributed by atoms with E-state index in [9.17, 15) is 19.7 Å². The molecular weight excluding hydrogens is 326 g/mol. The van der Waals surface area contributed by atoms with Gasteiger partial charge in [-0.15, -0.1) is 0 Å². The van der Waals surface area contributed by atoms with Crippen molar-refractivity contribution < 1.29 is 19.2 Å². The van der Waals surface area contributed by atoms with Crippen LogP contribution in [0.5, 0.6) is 5.75 Å². The predicted molar refractivity (Wildman–Crippen MR) is 91.7 cm³/mol. The molecule has 130 valence electrons. The van der Waals surface area contributed by atoms with Crippen molar-refractivity contribution in [2.75, 3.05) is 18.5 Å². The maximum Gasteiger partial charge on any atom is 0.310 e. The Bertz CT molecular complexity index is 791. The summed E-state index contributed by atoms with van der Waals surface area (Å²) in [6.07, 6.45) is 0. The number of para-hydroxylation sites is 2. The molecule has 2 N–H and O–H groups in total. The Kier molecular flexibility index (Phi) is 6.05. The first-order chi connectivity index (χ1) is 12.0. The lowest BCUT2D eigenvalue weighted by molar-refractivity contribution is -0.385. The summed E-state index contributed by atoms with van der Waals surface area (Å²) in [5, 5.41) is 16.1. The van der Waals surface area contributed by atoms with E-state index in [0.717, 1.165) is 0 Å². The summed E-state index contributed by atoms with van der Waals surface area (Å²) in [5.41, 5.74) is 0.632. The molecule has 0 fully saturated rings. The third-order valence-electron chi connectivity index (χ3n) is 3.17. The highest BCUT2D eigenvalue weighted by Gasteiger charge is 2.15. The van der Waals surface area contributed by atoms with Crippen molar-refractivity contribution in [1.82, 2.24) is 5.32 Å². The summed E-state index contributed by atoms with van der Waals surface area (Å²) in [7, 11) is 0. The van der Waals surface area contributed by atoms with Crippen molar-refractivity contribution in [2.45, 2.75) is 6.92 Å².